The molecule has 1 amide bonds. The first kappa shape index (κ1) is 24.5. The standard InChI is InChI=1S/C27H35N3O3/c1-5-6-7-8-9-10-15-25(31)29(3)20(2)26-28-24-14-12-11-13-23(24)27(32)30(26)21-16-18-22(33-4)19-17-21/h11-14,16-20H,5-10,15H2,1-4H3. The van der Waals surface area contributed by atoms with Crippen LogP contribution in [0.2, 0.25) is 0 Å². The summed E-state index contributed by atoms with van der Waals surface area (Å²) in [5.74, 6) is 1.32. The summed E-state index contributed by atoms with van der Waals surface area (Å²) in [6.45, 7) is 4.13. The van der Waals surface area contributed by atoms with Gasteiger partial charge in [-0.1, -0.05) is 51.2 Å². The van der Waals surface area contributed by atoms with Gasteiger partial charge in [0.1, 0.15) is 11.6 Å². The van der Waals surface area contributed by atoms with Gasteiger partial charge in [-0.2, -0.15) is 0 Å². The third kappa shape index (κ3) is 5.81. The number of carbonyl (C=O) groups is 1. The van der Waals surface area contributed by atoms with Crippen molar-refractivity contribution in [3.63, 3.8) is 0 Å². The molecule has 0 aliphatic rings. The third-order valence-electron chi connectivity index (χ3n) is 6.22. The fourth-order valence-electron chi connectivity index (χ4n) is 4.03. The van der Waals surface area contributed by atoms with E-state index in [0.717, 1.165) is 12.8 Å². The molecule has 176 valence electrons. The van der Waals surface area contributed by atoms with E-state index in [4.69, 9.17) is 9.72 Å². The third-order valence-corrected chi connectivity index (χ3v) is 6.22. The zero-order chi connectivity index (χ0) is 23.8. The summed E-state index contributed by atoms with van der Waals surface area (Å²) in [4.78, 5) is 32.9. The lowest BCUT2D eigenvalue weighted by molar-refractivity contribution is -0.132. The van der Waals surface area contributed by atoms with E-state index in [0.29, 0.717) is 34.6 Å². The Balaban J connectivity index is 1.90. The first-order valence-electron chi connectivity index (χ1n) is 11.9. The number of rotatable bonds is 11. The van der Waals surface area contributed by atoms with Gasteiger partial charge in [-0.05, 0) is 49.7 Å². The van der Waals surface area contributed by atoms with E-state index in [1.54, 1.807) is 29.7 Å². The summed E-state index contributed by atoms with van der Waals surface area (Å²) in [6, 6.07) is 14.3. The highest BCUT2D eigenvalue weighted by molar-refractivity contribution is 5.78. The monoisotopic (exact) mass is 449 g/mol. The number of methoxy groups -OCH3 is 1. The minimum absolute atomic E-state index is 0.0710. The summed E-state index contributed by atoms with van der Waals surface area (Å²) in [7, 11) is 3.40. The number of carbonyl (C=O) groups excluding carboxylic acids is 1. The highest BCUT2D eigenvalue weighted by Gasteiger charge is 2.24. The van der Waals surface area contributed by atoms with Crippen molar-refractivity contribution >= 4 is 16.8 Å². The van der Waals surface area contributed by atoms with Gasteiger partial charge in [0.25, 0.3) is 5.56 Å². The second kappa shape index (κ2) is 11.6. The average molecular weight is 450 g/mol. The van der Waals surface area contributed by atoms with Crippen LogP contribution in [-0.4, -0.2) is 34.5 Å². The summed E-state index contributed by atoms with van der Waals surface area (Å²) < 4.78 is 6.88. The van der Waals surface area contributed by atoms with E-state index in [1.807, 2.05) is 49.4 Å². The molecule has 3 aromatic rings. The Morgan fingerprint density at radius 1 is 1.03 bits per heavy atom. The van der Waals surface area contributed by atoms with E-state index >= 15 is 0 Å². The number of amides is 1. The average Bonchev–Trinajstić information content (AvgIpc) is 2.85. The van der Waals surface area contributed by atoms with Crippen LogP contribution in [0.1, 0.15) is 70.7 Å². The van der Waals surface area contributed by atoms with Crippen molar-refractivity contribution in [3.8, 4) is 11.4 Å². The first-order valence-corrected chi connectivity index (χ1v) is 11.9. The van der Waals surface area contributed by atoms with Gasteiger partial charge in [0.15, 0.2) is 0 Å². The van der Waals surface area contributed by atoms with Crippen molar-refractivity contribution in [1.82, 2.24) is 14.5 Å². The Morgan fingerprint density at radius 3 is 2.39 bits per heavy atom. The molecule has 0 aliphatic carbocycles. The number of para-hydroxylation sites is 1. The number of aromatic nitrogens is 2. The smallest absolute Gasteiger partial charge is 0.266 e. The molecule has 33 heavy (non-hydrogen) atoms. The molecule has 0 radical (unpaired) electrons. The van der Waals surface area contributed by atoms with Crippen LogP contribution in [0.5, 0.6) is 5.75 Å². The highest BCUT2D eigenvalue weighted by Crippen LogP contribution is 2.24. The van der Waals surface area contributed by atoms with Crippen LogP contribution in [0.25, 0.3) is 16.6 Å². The lowest BCUT2D eigenvalue weighted by atomic mass is 10.1. The van der Waals surface area contributed by atoms with Gasteiger partial charge in [0.05, 0.1) is 29.7 Å². The van der Waals surface area contributed by atoms with Crippen molar-refractivity contribution < 1.29 is 9.53 Å². The van der Waals surface area contributed by atoms with Gasteiger partial charge in [0, 0.05) is 13.5 Å². The number of hydrogen-bond acceptors (Lipinski definition) is 4. The van der Waals surface area contributed by atoms with Crippen LogP contribution < -0.4 is 10.3 Å². The van der Waals surface area contributed by atoms with E-state index in [2.05, 4.69) is 6.92 Å². The Kier molecular flexibility index (Phi) is 8.64. The maximum atomic E-state index is 13.5. The van der Waals surface area contributed by atoms with Crippen molar-refractivity contribution in [2.24, 2.45) is 0 Å². The van der Waals surface area contributed by atoms with Gasteiger partial charge in [0.2, 0.25) is 5.91 Å². The molecule has 3 rings (SSSR count). The van der Waals surface area contributed by atoms with E-state index in [1.165, 1.54) is 25.7 Å². The van der Waals surface area contributed by atoms with Crippen LogP contribution in [0.3, 0.4) is 0 Å². The molecule has 1 aromatic heterocycles. The number of unbranched alkanes of at least 4 members (excludes halogenated alkanes) is 5. The topological polar surface area (TPSA) is 64.4 Å². The van der Waals surface area contributed by atoms with Gasteiger partial charge in [-0.3, -0.25) is 14.2 Å². The number of hydrogen-bond donors (Lipinski definition) is 0. The van der Waals surface area contributed by atoms with Gasteiger partial charge >= 0.3 is 0 Å². The van der Waals surface area contributed by atoms with Gasteiger partial charge in [-0.15, -0.1) is 0 Å². The zero-order valence-corrected chi connectivity index (χ0v) is 20.2. The number of ether oxygens (including phenoxy) is 1. The molecule has 2 aromatic carbocycles. The second-order valence-electron chi connectivity index (χ2n) is 8.52. The minimum atomic E-state index is -0.364. The summed E-state index contributed by atoms with van der Waals surface area (Å²) in [5.41, 5.74) is 1.17. The van der Waals surface area contributed by atoms with Crippen molar-refractivity contribution in [2.45, 2.75) is 64.8 Å². The largest absolute Gasteiger partial charge is 0.497 e. The maximum absolute atomic E-state index is 13.5. The fourth-order valence-corrected chi connectivity index (χ4v) is 4.03. The Morgan fingerprint density at radius 2 is 1.70 bits per heavy atom. The number of fused-ring (bicyclic) bond motifs is 1. The Bertz CT molecular complexity index is 1120. The molecule has 1 heterocycles. The molecule has 0 fully saturated rings. The summed E-state index contributed by atoms with van der Waals surface area (Å²) >= 11 is 0. The van der Waals surface area contributed by atoms with E-state index in [9.17, 15) is 9.59 Å². The Labute approximate surface area is 196 Å². The number of nitrogens with zero attached hydrogens (tertiary/aromatic N) is 3. The van der Waals surface area contributed by atoms with Crippen LogP contribution in [0.15, 0.2) is 53.3 Å². The van der Waals surface area contributed by atoms with E-state index < -0.39 is 0 Å². The van der Waals surface area contributed by atoms with Crippen LogP contribution in [0.4, 0.5) is 0 Å². The van der Waals surface area contributed by atoms with E-state index in [-0.39, 0.29) is 17.5 Å². The predicted molar refractivity (Wildman–Crippen MR) is 133 cm³/mol. The van der Waals surface area contributed by atoms with Crippen molar-refractivity contribution in [1.29, 1.82) is 0 Å². The normalized spacial score (nSPS) is 12.0. The molecule has 6 heteroatoms. The predicted octanol–water partition coefficient (Wildman–Crippen LogP) is 5.66. The SMILES string of the molecule is CCCCCCCCC(=O)N(C)C(C)c1nc2ccccc2c(=O)n1-c1ccc(OC)cc1. The van der Waals surface area contributed by atoms with Crippen molar-refractivity contribution in [2.75, 3.05) is 14.2 Å². The lowest BCUT2D eigenvalue weighted by Gasteiger charge is -2.27. The van der Waals surface area contributed by atoms with Crippen LogP contribution in [0, 0.1) is 0 Å². The molecule has 6 nitrogen and oxygen atoms in total. The molecular weight excluding hydrogens is 414 g/mol. The second-order valence-corrected chi connectivity index (χ2v) is 8.52. The first-order chi connectivity index (χ1) is 16.0. The molecule has 0 saturated heterocycles. The minimum Gasteiger partial charge on any atom is -0.497 e. The van der Waals surface area contributed by atoms with Crippen molar-refractivity contribution in [3.05, 3.63) is 64.7 Å². The lowest BCUT2D eigenvalue weighted by Crippen LogP contribution is -2.34. The van der Waals surface area contributed by atoms with Gasteiger partial charge < -0.3 is 9.64 Å². The zero-order valence-electron chi connectivity index (χ0n) is 20.2. The molecule has 1 atom stereocenters. The molecular formula is C27H35N3O3. The molecule has 0 aliphatic heterocycles. The van der Waals surface area contributed by atoms with Crippen LogP contribution in [-0.2, 0) is 4.79 Å². The maximum Gasteiger partial charge on any atom is 0.266 e. The molecule has 1 unspecified atom stereocenters. The van der Waals surface area contributed by atoms with Crippen LogP contribution >= 0.6 is 0 Å². The molecule has 0 N–H and O–H groups in total. The summed E-state index contributed by atoms with van der Waals surface area (Å²) in [5, 5.41) is 0.547. The summed E-state index contributed by atoms with van der Waals surface area (Å²) in [6.07, 6.45) is 7.33. The molecule has 0 saturated carbocycles. The molecule has 0 spiro atoms. The number of benzene rings is 2. The quantitative estimate of drug-likeness (QED) is 0.354. The fraction of sp³-hybridized carbons (Fsp3) is 0.444. The molecule has 0 bridgehead atoms. The highest BCUT2D eigenvalue weighted by atomic mass is 16.5. The van der Waals surface area contributed by atoms with Gasteiger partial charge in [-0.25, -0.2) is 4.98 Å². The Hall–Kier alpha value is -3.15.